The molecule has 3 aromatic carbocycles. The van der Waals surface area contributed by atoms with Crippen molar-refractivity contribution in [2.45, 2.75) is 51.8 Å². The van der Waals surface area contributed by atoms with Crippen molar-refractivity contribution in [3.63, 3.8) is 0 Å². The molecule has 0 aliphatic carbocycles. The van der Waals surface area contributed by atoms with Gasteiger partial charge in [-0.15, -0.1) is 0 Å². The molecule has 3 aromatic rings. The molecule has 3 amide bonds. The summed E-state index contributed by atoms with van der Waals surface area (Å²) in [7, 11) is 1.51. The zero-order valence-electron chi connectivity index (χ0n) is 24.2. The number of anilines is 1. The maximum atomic E-state index is 14.1. The van der Waals surface area contributed by atoms with Crippen LogP contribution in [0.25, 0.3) is 0 Å². The SMILES string of the molecule is C#CN(C(=O)C(Cc1ccc(O)cc1)NC(=O)OC(C)(C)C)C(C(=O)Nc1ccc(OC)cc1)c1cccc(C)c1O. The van der Waals surface area contributed by atoms with Gasteiger partial charge in [-0.25, -0.2) is 4.79 Å². The molecule has 0 fully saturated rings. The van der Waals surface area contributed by atoms with Gasteiger partial charge in [0.2, 0.25) is 0 Å². The van der Waals surface area contributed by atoms with E-state index in [2.05, 4.69) is 16.7 Å². The first-order valence-corrected chi connectivity index (χ1v) is 13.1. The molecule has 0 aliphatic rings. The van der Waals surface area contributed by atoms with Gasteiger partial charge in [0, 0.05) is 23.7 Å². The molecule has 2 atom stereocenters. The zero-order valence-corrected chi connectivity index (χ0v) is 24.2. The van der Waals surface area contributed by atoms with Crippen LogP contribution in [0.1, 0.15) is 43.5 Å². The molecule has 0 saturated carbocycles. The molecule has 3 rings (SSSR count). The summed E-state index contributed by atoms with van der Waals surface area (Å²) >= 11 is 0. The number of terminal acetylenes is 1. The first-order valence-electron chi connectivity index (χ1n) is 13.1. The third-order valence-corrected chi connectivity index (χ3v) is 6.17. The highest BCUT2D eigenvalue weighted by Crippen LogP contribution is 2.33. The Kier molecular flexibility index (Phi) is 10.0. The summed E-state index contributed by atoms with van der Waals surface area (Å²) < 4.78 is 10.5. The van der Waals surface area contributed by atoms with Crippen LogP contribution in [0.2, 0.25) is 0 Å². The molecule has 10 nitrogen and oxygen atoms in total. The average Bonchev–Trinajstić information content (AvgIpc) is 2.93. The van der Waals surface area contributed by atoms with Gasteiger partial charge in [-0.3, -0.25) is 14.5 Å². The number of phenolic OH excluding ortho intramolecular Hbond substituents is 2. The molecular formula is C32H35N3O7. The molecule has 0 aromatic heterocycles. The predicted octanol–water partition coefficient (Wildman–Crippen LogP) is 4.65. The molecule has 0 aliphatic heterocycles. The van der Waals surface area contributed by atoms with E-state index in [0.29, 0.717) is 22.6 Å². The van der Waals surface area contributed by atoms with E-state index in [4.69, 9.17) is 15.9 Å². The first kappa shape index (κ1) is 31.4. The highest BCUT2D eigenvalue weighted by Gasteiger charge is 2.37. The molecule has 2 unspecified atom stereocenters. The Hall–Kier alpha value is -5.17. The summed E-state index contributed by atoms with van der Waals surface area (Å²) in [4.78, 5) is 41.5. The Balaban J connectivity index is 2.04. The van der Waals surface area contributed by atoms with Crippen LogP contribution in [0, 0.1) is 19.4 Å². The van der Waals surface area contributed by atoms with E-state index >= 15 is 0 Å². The Morgan fingerprint density at radius 3 is 2.21 bits per heavy atom. The van der Waals surface area contributed by atoms with Gasteiger partial charge in [0.25, 0.3) is 11.8 Å². The number of hydrogen-bond donors (Lipinski definition) is 4. The van der Waals surface area contributed by atoms with Crippen molar-refractivity contribution in [3.8, 4) is 29.7 Å². The number of benzene rings is 3. The number of alkyl carbamates (subject to hydrolysis) is 1. The minimum Gasteiger partial charge on any atom is -0.508 e. The van der Waals surface area contributed by atoms with Gasteiger partial charge in [-0.05, 0) is 75.2 Å². The van der Waals surface area contributed by atoms with Gasteiger partial charge >= 0.3 is 6.09 Å². The Bertz CT molecular complexity index is 1460. The maximum absolute atomic E-state index is 14.1. The normalized spacial score (nSPS) is 12.3. The summed E-state index contributed by atoms with van der Waals surface area (Å²) in [5.41, 5.74) is 0.697. The number of hydrogen-bond acceptors (Lipinski definition) is 7. The molecule has 0 radical (unpaired) electrons. The van der Waals surface area contributed by atoms with E-state index in [9.17, 15) is 24.6 Å². The number of ether oxygens (including phenoxy) is 2. The Morgan fingerprint density at radius 1 is 1.00 bits per heavy atom. The second-order valence-electron chi connectivity index (χ2n) is 10.5. The number of aromatic hydroxyl groups is 2. The summed E-state index contributed by atoms with van der Waals surface area (Å²) in [6, 6.07) is 16.9. The summed E-state index contributed by atoms with van der Waals surface area (Å²) in [5.74, 6) is -1.11. The van der Waals surface area contributed by atoms with E-state index < -0.39 is 35.6 Å². The molecule has 0 heterocycles. The highest BCUT2D eigenvalue weighted by molar-refractivity contribution is 6.00. The number of carbonyl (C=O) groups is 3. The van der Waals surface area contributed by atoms with Gasteiger partial charge in [-0.1, -0.05) is 36.8 Å². The minimum absolute atomic E-state index is 0.0252. The van der Waals surface area contributed by atoms with Crippen LogP contribution < -0.4 is 15.4 Å². The van der Waals surface area contributed by atoms with E-state index in [1.54, 1.807) is 76.2 Å². The van der Waals surface area contributed by atoms with Gasteiger partial charge in [0.1, 0.15) is 28.9 Å². The van der Waals surface area contributed by atoms with E-state index in [1.165, 1.54) is 25.3 Å². The Labute approximate surface area is 245 Å². The van der Waals surface area contributed by atoms with Crippen molar-refractivity contribution >= 4 is 23.6 Å². The fourth-order valence-corrected chi connectivity index (χ4v) is 4.14. The first-order chi connectivity index (χ1) is 19.8. The lowest BCUT2D eigenvalue weighted by Gasteiger charge is -2.31. The molecule has 0 spiro atoms. The zero-order chi connectivity index (χ0) is 31.0. The molecule has 0 saturated heterocycles. The minimum atomic E-state index is -1.48. The average molecular weight is 574 g/mol. The largest absolute Gasteiger partial charge is 0.508 e. The van der Waals surface area contributed by atoms with E-state index in [1.807, 2.05) is 0 Å². The van der Waals surface area contributed by atoms with Crippen molar-refractivity contribution in [1.29, 1.82) is 0 Å². The van der Waals surface area contributed by atoms with Crippen molar-refractivity contribution < 1.29 is 34.1 Å². The van der Waals surface area contributed by atoms with Crippen LogP contribution in [-0.2, 0) is 20.7 Å². The van der Waals surface area contributed by atoms with Gasteiger partial charge < -0.3 is 30.3 Å². The summed E-state index contributed by atoms with van der Waals surface area (Å²) in [6.07, 6.45) is 4.95. The number of carbonyl (C=O) groups excluding carboxylic acids is 3. The summed E-state index contributed by atoms with van der Waals surface area (Å²) in [6.45, 7) is 6.68. The van der Waals surface area contributed by atoms with Crippen molar-refractivity contribution in [3.05, 3.63) is 83.4 Å². The predicted molar refractivity (Wildman–Crippen MR) is 158 cm³/mol. The van der Waals surface area contributed by atoms with Crippen molar-refractivity contribution in [1.82, 2.24) is 10.2 Å². The summed E-state index contributed by atoms with van der Waals surface area (Å²) in [5, 5.41) is 25.9. The third kappa shape index (κ3) is 8.17. The Morgan fingerprint density at radius 2 is 1.64 bits per heavy atom. The number of para-hydroxylation sites is 1. The van der Waals surface area contributed by atoms with Crippen LogP contribution in [-0.4, -0.2) is 51.8 Å². The van der Waals surface area contributed by atoms with Crippen LogP contribution in [0.3, 0.4) is 0 Å². The second-order valence-corrected chi connectivity index (χ2v) is 10.5. The number of nitrogens with zero attached hydrogens (tertiary/aromatic N) is 1. The maximum Gasteiger partial charge on any atom is 0.408 e. The van der Waals surface area contributed by atoms with Crippen LogP contribution in [0.4, 0.5) is 10.5 Å². The molecule has 4 N–H and O–H groups in total. The number of phenols is 2. The third-order valence-electron chi connectivity index (χ3n) is 6.17. The fourth-order valence-electron chi connectivity index (χ4n) is 4.14. The van der Waals surface area contributed by atoms with Gasteiger partial charge in [-0.2, -0.15) is 0 Å². The van der Waals surface area contributed by atoms with Crippen molar-refractivity contribution in [2.75, 3.05) is 12.4 Å². The molecule has 42 heavy (non-hydrogen) atoms. The topological polar surface area (TPSA) is 137 Å². The van der Waals surface area contributed by atoms with Crippen LogP contribution in [0.5, 0.6) is 17.2 Å². The van der Waals surface area contributed by atoms with E-state index in [0.717, 1.165) is 4.90 Å². The standard InChI is InChI=1S/C32H35N3O7/c1-7-35(30(39)26(34-31(40)42-32(3,4)5)19-21-11-15-23(36)16-12-21)27(25-10-8-9-20(2)28(25)37)29(38)33-22-13-17-24(41-6)18-14-22/h1,8-18,26-27,36-37H,19H2,2-6H3,(H,33,38)(H,34,40). The monoisotopic (exact) mass is 573 g/mol. The quantitative estimate of drug-likeness (QED) is 0.216. The second kappa shape index (κ2) is 13.5. The van der Waals surface area contributed by atoms with Crippen molar-refractivity contribution in [2.24, 2.45) is 0 Å². The van der Waals surface area contributed by atoms with Crippen LogP contribution in [0.15, 0.2) is 66.7 Å². The molecule has 10 heteroatoms. The van der Waals surface area contributed by atoms with Gasteiger partial charge in [0.15, 0.2) is 6.04 Å². The van der Waals surface area contributed by atoms with Crippen LogP contribution >= 0.6 is 0 Å². The molecule has 220 valence electrons. The lowest BCUT2D eigenvalue weighted by Crippen LogP contribution is -2.51. The number of rotatable bonds is 9. The number of aryl methyl sites for hydroxylation is 1. The van der Waals surface area contributed by atoms with Gasteiger partial charge in [0.05, 0.1) is 7.11 Å². The van der Waals surface area contributed by atoms with E-state index in [-0.39, 0.29) is 23.5 Å². The lowest BCUT2D eigenvalue weighted by molar-refractivity contribution is -0.136. The fraction of sp³-hybridized carbons (Fsp3) is 0.281. The lowest BCUT2D eigenvalue weighted by atomic mass is 9.98. The molecular weight excluding hydrogens is 538 g/mol. The highest BCUT2D eigenvalue weighted by atomic mass is 16.6. The number of methoxy groups -OCH3 is 1. The number of nitrogens with one attached hydrogen (secondary N) is 2. The smallest absolute Gasteiger partial charge is 0.408 e. The molecule has 0 bridgehead atoms. The number of amides is 3.